The van der Waals surface area contributed by atoms with Gasteiger partial charge in [0.2, 0.25) is 0 Å². The third-order valence-corrected chi connectivity index (χ3v) is 5.11. The lowest BCUT2D eigenvalue weighted by molar-refractivity contribution is 0.414. The molecule has 6 heteroatoms. The summed E-state index contributed by atoms with van der Waals surface area (Å²) >= 11 is 0. The molecule has 0 amide bonds. The number of nitrogens with one attached hydrogen (secondary N) is 2. The van der Waals surface area contributed by atoms with E-state index in [0.29, 0.717) is 12.3 Å². The van der Waals surface area contributed by atoms with Crippen LogP contribution in [0.4, 0.5) is 0 Å². The molecular formula is C20H27N3O2S. The van der Waals surface area contributed by atoms with E-state index in [9.17, 15) is 4.21 Å². The molecule has 0 saturated carbocycles. The lowest BCUT2D eigenvalue weighted by Gasteiger charge is -2.11. The van der Waals surface area contributed by atoms with Crippen LogP contribution >= 0.6 is 0 Å². The first-order chi connectivity index (χ1) is 12.7. The van der Waals surface area contributed by atoms with Crippen LogP contribution in [0.1, 0.15) is 12.5 Å². The van der Waals surface area contributed by atoms with Gasteiger partial charge in [0.25, 0.3) is 0 Å². The van der Waals surface area contributed by atoms with E-state index in [4.69, 9.17) is 4.74 Å². The summed E-state index contributed by atoms with van der Waals surface area (Å²) in [6.45, 7) is 4.11. The lowest BCUT2D eigenvalue weighted by atomic mass is 10.1. The highest BCUT2D eigenvalue weighted by Gasteiger charge is 2.03. The maximum atomic E-state index is 12.2. The van der Waals surface area contributed by atoms with E-state index in [1.807, 2.05) is 49.4 Å². The molecule has 2 rings (SSSR count). The van der Waals surface area contributed by atoms with Gasteiger partial charge in [0, 0.05) is 23.7 Å². The molecule has 0 aliphatic rings. The summed E-state index contributed by atoms with van der Waals surface area (Å²) in [5.74, 6) is 2.13. The topological polar surface area (TPSA) is 62.7 Å². The predicted octanol–water partition coefficient (Wildman–Crippen LogP) is 2.60. The second kappa shape index (κ2) is 11.3. The van der Waals surface area contributed by atoms with Crippen molar-refractivity contribution in [3.63, 3.8) is 0 Å². The average Bonchev–Trinajstić information content (AvgIpc) is 2.69. The minimum atomic E-state index is -1.02. The van der Waals surface area contributed by atoms with Crippen LogP contribution in [-0.4, -0.2) is 42.7 Å². The van der Waals surface area contributed by atoms with Gasteiger partial charge < -0.3 is 15.4 Å². The molecule has 0 saturated heterocycles. The molecule has 26 heavy (non-hydrogen) atoms. The molecule has 2 aromatic rings. The van der Waals surface area contributed by atoms with E-state index in [2.05, 4.69) is 27.8 Å². The van der Waals surface area contributed by atoms with Crippen molar-refractivity contribution in [2.24, 2.45) is 4.99 Å². The van der Waals surface area contributed by atoms with E-state index in [-0.39, 0.29) is 0 Å². The van der Waals surface area contributed by atoms with Gasteiger partial charge in [0.05, 0.1) is 24.5 Å². The van der Waals surface area contributed by atoms with Crippen molar-refractivity contribution >= 4 is 16.8 Å². The number of guanidine groups is 1. The van der Waals surface area contributed by atoms with Crippen molar-refractivity contribution in [3.05, 3.63) is 60.2 Å². The van der Waals surface area contributed by atoms with Gasteiger partial charge in [-0.25, -0.2) is 0 Å². The number of aliphatic imine (C=N–C) groups is 1. The SMILES string of the molecule is CCNC(=NCCS(=O)c1ccccc1)NCCc1ccc(OC)cc1. The van der Waals surface area contributed by atoms with E-state index in [1.165, 1.54) is 5.56 Å². The van der Waals surface area contributed by atoms with Crippen LogP contribution in [0.5, 0.6) is 5.75 Å². The van der Waals surface area contributed by atoms with Crippen LogP contribution in [-0.2, 0) is 17.2 Å². The fraction of sp³-hybridized carbons (Fsp3) is 0.350. The maximum Gasteiger partial charge on any atom is 0.191 e. The molecule has 0 spiro atoms. The third-order valence-electron chi connectivity index (χ3n) is 3.76. The van der Waals surface area contributed by atoms with E-state index < -0.39 is 10.8 Å². The highest BCUT2D eigenvalue weighted by Crippen LogP contribution is 2.11. The molecular weight excluding hydrogens is 346 g/mol. The zero-order chi connectivity index (χ0) is 18.6. The van der Waals surface area contributed by atoms with E-state index in [1.54, 1.807) is 7.11 Å². The monoisotopic (exact) mass is 373 g/mol. The first-order valence-electron chi connectivity index (χ1n) is 8.81. The van der Waals surface area contributed by atoms with Gasteiger partial charge >= 0.3 is 0 Å². The minimum Gasteiger partial charge on any atom is -0.497 e. The standard InChI is InChI=1S/C20H27N3O2S/c1-3-21-20(22-14-13-17-9-11-18(25-2)12-10-17)23-15-16-26(24)19-7-5-4-6-8-19/h4-12H,3,13-16H2,1-2H3,(H2,21,22,23). The Kier molecular flexibility index (Phi) is 8.69. The smallest absolute Gasteiger partial charge is 0.191 e. The van der Waals surface area contributed by atoms with Gasteiger partial charge in [-0.3, -0.25) is 9.20 Å². The van der Waals surface area contributed by atoms with Crippen molar-refractivity contribution in [1.29, 1.82) is 0 Å². The molecule has 0 heterocycles. The van der Waals surface area contributed by atoms with E-state index in [0.717, 1.165) is 36.1 Å². The van der Waals surface area contributed by atoms with Gasteiger partial charge in [0.1, 0.15) is 5.75 Å². The number of nitrogens with zero attached hydrogens (tertiary/aromatic N) is 1. The second-order valence-corrected chi connectivity index (χ2v) is 7.22. The fourth-order valence-electron chi connectivity index (χ4n) is 2.39. The Labute approximate surface area is 158 Å². The molecule has 2 N–H and O–H groups in total. The Morgan fingerprint density at radius 1 is 1.08 bits per heavy atom. The molecule has 5 nitrogen and oxygen atoms in total. The third kappa shape index (κ3) is 6.88. The normalized spacial score (nSPS) is 12.5. The summed E-state index contributed by atoms with van der Waals surface area (Å²) in [5, 5.41) is 6.54. The molecule has 0 aromatic heterocycles. The Bertz CT molecular complexity index is 703. The van der Waals surface area contributed by atoms with Gasteiger partial charge in [0.15, 0.2) is 5.96 Å². The Morgan fingerprint density at radius 2 is 1.81 bits per heavy atom. The van der Waals surface area contributed by atoms with Crippen LogP contribution in [0.25, 0.3) is 0 Å². The molecule has 2 aromatic carbocycles. The Balaban J connectivity index is 1.79. The van der Waals surface area contributed by atoms with Crippen LogP contribution in [0, 0.1) is 0 Å². The molecule has 0 fully saturated rings. The minimum absolute atomic E-state index is 0.513. The first kappa shape index (κ1) is 20.0. The number of hydrogen-bond donors (Lipinski definition) is 2. The number of benzene rings is 2. The Hall–Kier alpha value is -2.34. The maximum absolute atomic E-state index is 12.2. The van der Waals surface area contributed by atoms with Crippen LogP contribution in [0.2, 0.25) is 0 Å². The summed E-state index contributed by atoms with van der Waals surface area (Å²) in [7, 11) is 0.650. The van der Waals surface area contributed by atoms with Crippen LogP contribution in [0.15, 0.2) is 64.5 Å². The summed E-state index contributed by atoms with van der Waals surface area (Å²) in [6, 6.07) is 17.6. The van der Waals surface area contributed by atoms with Gasteiger partial charge in [-0.2, -0.15) is 0 Å². The molecule has 0 radical (unpaired) electrons. The van der Waals surface area contributed by atoms with Gasteiger partial charge in [-0.15, -0.1) is 0 Å². The summed E-state index contributed by atoms with van der Waals surface area (Å²) in [4.78, 5) is 5.37. The molecule has 0 aliphatic carbocycles. The summed E-state index contributed by atoms with van der Waals surface area (Å²) in [5.41, 5.74) is 1.24. The van der Waals surface area contributed by atoms with Gasteiger partial charge in [-0.05, 0) is 43.2 Å². The van der Waals surface area contributed by atoms with Gasteiger partial charge in [-0.1, -0.05) is 30.3 Å². The molecule has 140 valence electrons. The zero-order valence-corrected chi connectivity index (χ0v) is 16.2. The molecule has 1 unspecified atom stereocenters. The number of rotatable bonds is 9. The first-order valence-corrected chi connectivity index (χ1v) is 10.1. The van der Waals surface area contributed by atoms with Crippen molar-refractivity contribution in [2.45, 2.75) is 18.2 Å². The lowest BCUT2D eigenvalue weighted by Crippen LogP contribution is -2.38. The number of hydrogen-bond acceptors (Lipinski definition) is 3. The van der Waals surface area contributed by atoms with Crippen LogP contribution < -0.4 is 15.4 Å². The summed E-state index contributed by atoms with van der Waals surface area (Å²) in [6.07, 6.45) is 0.893. The van der Waals surface area contributed by atoms with Crippen molar-refractivity contribution in [3.8, 4) is 5.75 Å². The fourth-order valence-corrected chi connectivity index (χ4v) is 3.34. The largest absolute Gasteiger partial charge is 0.497 e. The van der Waals surface area contributed by atoms with Crippen molar-refractivity contribution in [1.82, 2.24) is 10.6 Å². The van der Waals surface area contributed by atoms with Crippen LogP contribution in [0.3, 0.4) is 0 Å². The highest BCUT2D eigenvalue weighted by molar-refractivity contribution is 7.85. The van der Waals surface area contributed by atoms with E-state index >= 15 is 0 Å². The average molecular weight is 374 g/mol. The molecule has 0 bridgehead atoms. The Morgan fingerprint density at radius 3 is 2.46 bits per heavy atom. The predicted molar refractivity (Wildman–Crippen MR) is 108 cm³/mol. The highest BCUT2D eigenvalue weighted by atomic mass is 32.2. The summed E-state index contributed by atoms with van der Waals surface area (Å²) < 4.78 is 17.4. The van der Waals surface area contributed by atoms with Crippen molar-refractivity contribution < 1.29 is 8.95 Å². The molecule has 0 aliphatic heterocycles. The molecule has 1 atom stereocenters. The second-order valence-electron chi connectivity index (χ2n) is 5.65. The quantitative estimate of drug-likeness (QED) is 0.524. The number of methoxy groups -OCH3 is 1. The zero-order valence-electron chi connectivity index (χ0n) is 15.4. The number of ether oxygens (including phenoxy) is 1. The van der Waals surface area contributed by atoms with Crippen molar-refractivity contribution in [2.75, 3.05) is 32.5 Å².